The van der Waals surface area contributed by atoms with E-state index in [4.69, 9.17) is 4.74 Å². The predicted molar refractivity (Wildman–Crippen MR) is 101 cm³/mol. The van der Waals surface area contributed by atoms with E-state index in [9.17, 15) is 14.7 Å². The fourth-order valence-corrected chi connectivity index (χ4v) is 4.51. The van der Waals surface area contributed by atoms with E-state index in [0.29, 0.717) is 38.2 Å². The van der Waals surface area contributed by atoms with Crippen LogP contribution >= 0.6 is 0 Å². The van der Waals surface area contributed by atoms with Crippen LogP contribution in [0.15, 0.2) is 24.5 Å². The van der Waals surface area contributed by atoms with Crippen LogP contribution in [0.2, 0.25) is 0 Å². The SMILES string of the molecule is COc1ccc(C(=O)N2CCC3(CC2)c2nc[nH]c2CCN3C(C)=O)c(O)c1. The maximum Gasteiger partial charge on any atom is 0.257 e. The molecule has 4 rings (SSSR count). The van der Waals surface area contributed by atoms with Crippen molar-refractivity contribution in [2.24, 2.45) is 0 Å². The summed E-state index contributed by atoms with van der Waals surface area (Å²) in [5.41, 5.74) is 1.78. The highest BCUT2D eigenvalue weighted by molar-refractivity contribution is 5.97. The van der Waals surface area contributed by atoms with E-state index in [0.717, 1.165) is 17.8 Å². The van der Waals surface area contributed by atoms with Crippen molar-refractivity contribution >= 4 is 11.8 Å². The molecule has 2 aliphatic rings. The van der Waals surface area contributed by atoms with E-state index in [1.165, 1.54) is 13.2 Å². The van der Waals surface area contributed by atoms with Gasteiger partial charge in [0.25, 0.3) is 5.91 Å². The molecule has 0 unspecified atom stereocenters. The van der Waals surface area contributed by atoms with Crippen molar-refractivity contribution in [3.8, 4) is 11.5 Å². The lowest BCUT2D eigenvalue weighted by Gasteiger charge is -2.50. The maximum atomic E-state index is 12.9. The lowest BCUT2D eigenvalue weighted by atomic mass is 9.78. The van der Waals surface area contributed by atoms with Crippen LogP contribution in [0.5, 0.6) is 11.5 Å². The van der Waals surface area contributed by atoms with Crippen molar-refractivity contribution in [2.75, 3.05) is 26.7 Å². The maximum absolute atomic E-state index is 12.9. The molecule has 0 aliphatic carbocycles. The van der Waals surface area contributed by atoms with Gasteiger partial charge in [-0.3, -0.25) is 9.59 Å². The van der Waals surface area contributed by atoms with Crippen LogP contribution in [0.1, 0.15) is 41.5 Å². The summed E-state index contributed by atoms with van der Waals surface area (Å²) >= 11 is 0. The first-order valence-corrected chi connectivity index (χ1v) is 9.43. The number of carbonyl (C=O) groups is 2. The number of hydrogen-bond donors (Lipinski definition) is 2. The third kappa shape index (κ3) is 2.80. The third-order valence-electron chi connectivity index (χ3n) is 5.95. The number of nitrogens with zero attached hydrogens (tertiary/aromatic N) is 3. The van der Waals surface area contributed by atoms with Crippen molar-refractivity contribution in [1.29, 1.82) is 0 Å². The highest BCUT2D eigenvalue weighted by Crippen LogP contribution is 2.42. The van der Waals surface area contributed by atoms with Crippen molar-refractivity contribution in [3.05, 3.63) is 41.5 Å². The number of phenolic OH excluding ortho intramolecular Hbond substituents is 1. The summed E-state index contributed by atoms with van der Waals surface area (Å²) < 4.78 is 5.08. The fourth-order valence-electron chi connectivity index (χ4n) is 4.51. The van der Waals surface area contributed by atoms with Gasteiger partial charge < -0.3 is 24.6 Å². The lowest BCUT2D eigenvalue weighted by Crippen LogP contribution is -2.58. The number of amides is 2. The zero-order chi connectivity index (χ0) is 19.9. The molecule has 0 radical (unpaired) electrons. The number of fused-ring (bicyclic) bond motifs is 2. The second kappa shape index (κ2) is 6.85. The Labute approximate surface area is 163 Å². The Kier molecular flexibility index (Phi) is 4.49. The largest absolute Gasteiger partial charge is 0.507 e. The first kappa shape index (κ1) is 18.3. The molecule has 1 aromatic heterocycles. The van der Waals surface area contributed by atoms with E-state index in [1.807, 2.05) is 4.90 Å². The monoisotopic (exact) mass is 384 g/mol. The first-order valence-electron chi connectivity index (χ1n) is 9.43. The Balaban J connectivity index is 1.57. The minimum absolute atomic E-state index is 0.0289. The van der Waals surface area contributed by atoms with Crippen molar-refractivity contribution < 1.29 is 19.4 Å². The quantitative estimate of drug-likeness (QED) is 0.821. The molecule has 0 saturated carbocycles. The second-order valence-electron chi connectivity index (χ2n) is 7.36. The topological polar surface area (TPSA) is 98.8 Å². The van der Waals surface area contributed by atoms with Crippen LogP contribution in [0.3, 0.4) is 0 Å². The van der Waals surface area contributed by atoms with Crippen LogP contribution in [-0.4, -0.2) is 63.4 Å². The van der Waals surface area contributed by atoms with Gasteiger partial charge in [-0.25, -0.2) is 4.98 Å². The van der Waals surface area contributed by atoms with Gasteiger partial charge in [0.05, 0.1) is 30.2 Å². The molecule has 8 heteroatoms. The smallest absolute Gasteiger partial charge is 0.257 e. The highest BCUT2D eigenvalue weighted by Gasteiger charge is 2.48. The van der Waals surface area contributed by atoms with Gasteiger partial charge in [0, 0.05) is 44.7 Å². The number of aromatic nitrogens is 2. The number of aromatic amines is 1. The molecule has 28 heavy (non-hydrogen) atoms. The number of nitrogens with one attached hydrogen (secondary N) is 1. The van der Waals surface area contributed by atoms with Gasteiger partial charge in [0.15, 0.2) is 0 Å². The Morgan fingerprint density at radius 2 is 2.00 bits per heavy atom. The van der Waals surface area contributed by atoms with Gasteiger partial charge in [-0.15, -0.1) is 0 Å². The number of rotatable bonds is 2. The van der Waals surface area contributed by atoms with E-state index < -0.39 is 5.54 Å². The van der Waals surface area contributed by atoms with Gasteiger partial charge in [0.2, 0.25) is 5.91 Å². The van der Waals surface area contributed by atoms with Crippen LogP contribution < -0.4 is 4.74 Å². The van der Waals surface area contributed by atoms with Crippen LogP contribution in [-0.2, 0) is 16.8 Å². The Bertz CT molecular complexity index is 915. The Morgan fingerprint density at radius 1 is 1.25 bits per heavy atom. The van der Waals surface area contributed by atoms with Gasteiger partial charge in [-0.05, 0) is 25.0 Å². The molecule has 1 saturated heterocycles. The summed E-state index contributed by atoms with van der Waals surface area (Å²) in [5.74, 6) is 0.211. The average Bonchev–Trinajstić information content (AvgIpc) is 3.18. The molecular weight excluding hydrogens is 360 g/mol. The van der Waals surface area contributed by atoms with E-state index >= 15 is 0 Å². The van der Waals surface area contributed by atoms with E-state index in [-0.39, 0.29) is 23.1 Å². The molecule has 1 aromatic carbocycles. The van der Waals surface area contributed by atoms with Crippen molar-refractivity contribution in [3.63, 3.8) is 0 Å². The molecule has 2 aliphatic heterocycles. The third-order valence-corrected chi connectivity index (χ3v) is 5.95. The summed E-state index contributed by atoms with van der Waals surface area (Å²) in [5, 5.41) is 10.2. The number of imidazole rings is 1. The number of methoxy groups -OCH3 is 1. The van der Waals surface area contributed by atoms with Gasteiger partial charge in [0.1, 0.15) is 11.5 Å². The number of carbonyl (C=O) groups excluding carboxylic acids is 2. The summed E-state index contributed by atoms with van der Waals surface area (Å²) in [7, 11) is 1.51. The molecule has 0 bridgehead atoms. The molecule has 1 fully saturated rings. The number of phenols is 1. The number of hydrogen-bond acceptors (Lipinski definition) is 5. The zero-order valence-corrected chi connectivity index (χ0v) is 16.1. The number of piperidine rings is 1. The van der Waals surface area contributed by atoms with E-state index in [1.54, 1.807) is 30.3 Å². The number of benzene rings is 1. The number of H-pyrrole nitrogens is 1. The highest BCUT2D eigenvalue weighted by atomic mass is 16.5. The van der Waals surface area contributed by atoms with Crippen LogP contribution in [0.25, 0.3) is 0 Å². The van der Waals surface area contributed by atoms with Crippen molar-refractivity contribution in [2.45, 2.75) is 31.7 Å². The Morgan fingerprint density at radius 3 is 2.64 bits per heavy atom. The van der Waals surface area contributed by atoms with Gasteiger partial charge >= 0.3 is 0 Å². The molecule has 8 nitrogen and oxygen atoms in total. The molecule has 2 N–H and O–H groups in total. The van der Waals surface area contributed by atoms with Crippen LogP contribution in [0, 0.1) is 0 Å². The number of aromatic hydroxyl groups is 1. The standard InChI is InChI=1S/C20H24N4O4/c1-13(25)24-8-5-16-18(22-12-21-16)20(24)6-9-23(10-7-20)19(27)15-4-3-14(28-2)11-17(15)26/h3-4,11-12,26H,5-10H2,1-2H3,(H,21,22). The second-order valence-corrected chi connectivity index (χ2v) is 7.36. The van der Waals surface area contributed by atoms with Gasteiger partial charge in [-0.2, -0.15) is 0 Å². The number of ether oxygens (including phenoxy) is 1. The molecule has 1 spiro atoms. The van der Waals surface area contributed by atoms with E-state index in [2.05, 4.69) is 9.97 Å². The average molecular weight is 384 g/mol. The summed E-state index contributed by atoms with van der Waals surface area (Å²) in [6.07, 6.45) is 3.68. The summed E-state index contributed by atoms with van der Waals surface area (Å²) in [4.78, 5) is 36.6. The normalized spacial score (nSPS) is 18.1. The lowest BCUT2D eigenvalue weighted by molar-refractivity contribution is -0.139. The molecule has 2 aromatic rings. The summed E-state index contributed by atoms with van der Waals surface area (Å²) in [6.45, 7) is 3.21. The first-order chi connectivity index (χ1) is 13.5. The summed E-state index contributed by atoms with van der Waals surface area (Å²) in [6, 6.07) is 4.68. The van der Waals surface area contributed by atoms with Crippen molar-refractivity contribution in [1.82, 2.24) is 19.8 Å². The zero-order valence-electron chi connectivity index (χ0n) is 16.1. The predicted octanol–water partition coefficient (Wildman–Crippen LogP) is 1.66. The minimum Gasteiger partial charge on any atom is -0.507 e. The van der Waals surface area contributed by atoms with Crippen LogP contribution in [0.4, 0.5) is 0 Å². The molecule has 0 atom stereocenters. The molecule has 2 amide bonds. The fraction of sp³-hybridized carbons (Fsp3) is 0.450. The molecule has 3 heterocycles. The number of likely N-dealkylation sites (tertiary alicyclic amines) is 1. The van der Waals surface area contributed by atoms with Gasteiger partial charge in [-0.1, -0.05) is 0 Å². The minimum atomic E-state index is -0.474. The Hall–Kier alpha value is -3.03. The molecule has 148 valence electrons. The molecular formula is C20H24N4O4.